The van der Waals surface area contributed by atoms with Crippen molar-refractivity contribution in [3.8, 4) is 11.3 Å². The molecular formula is C26H26F3N5O. The summed E-state index contributed by atoms with van der Waals surface area (Å²) in [4.78, 5) is 28.0. The number of anilines is 1. The lowest BCUT2D eigenvalue weighted by molar-refractivity contribution is -0.141. The summed E-state index contributed by atoms with van der Waals surface area (Å²) in [6.07, 6.45) is 4.31. The first-order chi connectivity index (χ1) is 16.7. The van der Waals surface area contributed by atoms with Gasteiger partial charge in [-0.25, -0.2) is 4.98 Å². The van der Waals surface area contributed by atoms with Crippen LogP contribution in [0.4, 0.5) is 19.0 Å². The Morgan fingerprint density at radius 2 is 2.00 bits per heavy atom. The van der Waals surface area contributed by atoms with E-state index in [4.69, 9.17) is 0 Å². The van der Waals surface area contributed by atoms with Crippen molar-refractivity contribution >= 4 is 11.7 Å². The molecule has 3 aromatic rings. The number of amides is 1. The van der Waals surface area contributed by atoms with E-state index in [1.54, 1.807) is 18.6 Å². The van der Waals surface area contributed by atoms with Crippen molar-refractivity contribution in [1.29, 1.82) is 0 Å². The number of nitrogens with one attached hydrogen (secondary N) is 1. The molecule has 1 aliphatic carbocycles. The van der Waals surface area contributed by atoms with E-state index >= 15 is 0 Å². The smallest absolute Gasteiger partial charge is 0.368 e. The van der Waals surface area contributed by atoms with Gasteiger partial charge in [0.05, 0.1) is 11.9 Å². The van der Waals surface area contributed by atoms with Crippen LogP contribution in [0.2, 0.25) is 0 Å². The maximum absolute atomic E-state index is 13.9. The third-order valence-electron chi connectivity index (χ3n) is 7.01. The van der Waals surface area contributed by atoms with E-state index in [0.717, 1.165) is 37.3 Å². The Balaban J connectivity index is 1.41. The van der Waals surface area contributed by atoms with Gasteiger partial charge < -0.3 is 10.2 Å². The highest BCUT2D eigenvalue weighted by Crippen LogP contribution is 2.55. The van der Waals surface area contributed by atoms with Crippen molar-refractivity contribution in [3.63, 3.8) is 0 Å². The van der Waals surface area contributed by atoms with Gasteiger partial charge in [-0.05, 0) is 56.2 Å². The molecular weight excluding hydrogens is 455 g/mol. The van der Waals surface area contributed by atoms with E-state index in [-0.39, 0.29) is 23.2 Å². The number of alkyl halides is 3. The fourth-order valence-electron chi connectivity index (χ4n) is 4.90. The zero-order valence-electron chi connectivity index (χ0n) is 19.3. The molecule has 1 amide bonds. The van der Waals surface area contributed by atoms with Crippen LogP contribution in [0.15, 0.2) is 55.0 Å². The van der Waals surface area contributed by atoms with Gasteiger partial charge in [-0.3, -0.25) is 14.8 Å². The van der Waals surface area contributed by atoms with Crippen molar-refractivity contribution in [2.24, 2.45) is 5.41 Å². The molecule has 2 aromatic heterocycles. The minimum absolute atomic E-state index is 0.103. The quantitative estimate of drug-likeness (QED) is 0.531. The summed E-state index contributed by atoms with van der Waals surface area (Å²) in [6, 6.07) is 9.34. The van der Waals surface area contributed by atoms with Crippen molar-refractivity contribution in [3.05, 3.63) is 71.8 Å². The second-order valence-electron chi connectivity index (χ2n) is 9.53. The fraction of sp³-hybridized carbons (Fsp3) is 0.385. The molecule has 9 heteroatoms. The van der Waals surface area contributed by atoms with Crippen molar-refractivity contribution < 1.29 is 18.0 Å². The topological polar surface area (TPSA) is 71.0 Å². The van der Waals surface area contributed by atoms with Gasteiger partial charge in [0.25, 0.3) is 5.91 Å². The maximum Gasteiger partial charge on any atom is 0.433 e. The summed E-state index contributed by atoms with van der Waals surface area (Å²) in [6.45, 7) is 2.87. The van der Waals surface area contributed by atoms with Crippen LogP contribution in [-0.2, 0) is 6.18 Å². The number of carbonyl (C=O) groups excluding carboxylic acids is 1. The summed E-state index contributed by atoms with van der Waals surface area (Å²) in [5, 5.41) is 3.06. The summed E-state index contributed by atoms with van der Waals surface area (Å²) < 4.78 is 39.3. The standard InChI is InChI=1S/C26H26F3N5O/c1-17-5-6-19(21-16-30-10-11-31-21)20(13-17)24(35)34-12-9-25(7-8-25)14-18(34)15-32-23-4-2-3-22(33-23)26(27,28)29/h2-6,10-11,13,16,18H,7-9,12,14-15H2,1H3,(H,32,33)/t18-/m0/s1. The van der Waals surface area contributed by atoms with Crippen LogP contribution in [0.5, 0.6) is 0 Å². The lowest BCUT2D eigenvalue weighted by Gasteiger charge is -2.40. The van der Waals surface area contributed by atoms with Crippen molar-refractivity contribution in [1.82, 2.24) is 19.9 Å². The minimum atomic E-state index is -4.51. The van der Waals surface area contributed by atoms with Gasteiger partial charge in [0.2, 0.25) is 0 Å². The van der Waals surface area contributed by atoms with Crippen LogP contribution < -0.4 is 5.32 Å². The molecule has 1 atom stereocenters. The molecule has 2 fully saturated rings. The molecule has 1 aliphatic heterocycles. The predicted molar refractivity (Wildman–Crippen MR) is 126 cm³/mol. The summed E-state index contributed by atoms with van der Waals surface area (Å²) in [5.41, 5.74) is 2.15. The Labute approximate surface area is 201 Å². The van der Waals surface area contributed by atoms with Crippen molar-refractivity contribution in [2.45, 2.75) is 44.8 Å². The number of halogens is 3. The number of likely N-dealkylation sites (tertiary alicyclic amines) is 1. The Bertz CT molecular complexity index is 1230. The van der Waals surface area contributed by atoms with Gasteiger partial charge in [-0.2, -0.15) is 13.2 Å². The van der Waals surface area contributed by atoms with E-state index < -0.39 is 11.9 Å². The molecule has 1 saturated heterocycles. The first kappa shape index (κ1) is 23.3. The number of aryl methyl sites for hydroxylation is 1. The molecule has 182 valence electrons. The van der Waals surface area contributed by atoms with Crippen LogP contribution in [-0.4, -0.2) is 44.9 Å². The fourth-order valence-corrected chi connectivity index (χ4v) is 4.90. The molecule has 0 unspecified atom stereocenters. The van der Waals surface area contributed by atoms with Gasteiger partial charge in [0.15, 0.2) is 0 Å². The van der Waals surface area contributed by atoms with Crippen molar-refractivity contribution in [2.75, 3.05) is 18.4 Å². The molecule has 1 N–H and O–H groups in total. The molecule has 1 aromatic carbocycles. The van der Waals surface area contributed by atoms with E-state index in [1.807, 2.05) is 30.0 Å². The highest BCUT2D eigenvalue weighted by atomic mass is 19.4. The van der Waals surface area contributed by atoms with Crippen LogP contribution in [0.25, 0.3) is 11.3 Å². The monoisotopic (exact) mass is 481 g/mol. The first-order valence-corrected chi connectivity index (χ1v) is 11.7. The van der Waals surface area contributed by atoms with Crippen LogP contribution >= 0.6 is 0 Å². The number of benzene rings is 1. The van der Waals surface area contributed by atoms with Gasteiger partial charge >= 0.3 is 6.18 Å². The zero-order chi connectivity index (χ0) is 24.6. The lowest BCUT2D eigenvalue weighted by atomic mass is 9.87. The second-order valence-corrected chi connectivity index (χ2v) is 9.53. The van der Waals surface area contributed by atoms with Crippen LogP contribution in [0.3, 0.4) is 0 Å². The largest absolute Gasteiger partial charge is 0.433 e. The van der Waals surface area contributed by atoms with E-state index in [9.17, 15) is 18.0 Å². The maximum atomic E-state index is 13.9. The first-order valence-electron chi connectivity index (χ1n) is 11.7. The number of aromatic nitrogens is 3. The zero-order valence-corrected chi connectivity index (χ0v) is 19.3. The summed E-state index contributed by atoms with van der Waals surface area (Å²) >= 11 is 0. The highest BCUT2D eigenvalue weighted by molar-refractivity contribution is 6.01. The third kappa shape index (κ3) is 4.99. The number of hydrogen-bond acceptors (Lipinski definition) is 5. The normalized spacial score (nSPS) is 19.0. The molecule has 35 heavy (non-hydrogen) atoms. The van der Waals surface area contributed by atoms with Gasteiger partial charge in [-0.15, -0.1) is 0 Å². The SMILES string of the molecule is Cc1ccc(-c2cnccn2)c(C(=O)N2CCC3(CC3)C[C@H]2CNc2cccc(C(F)(F)F)n2)c1. The molecule has 0 radical (unpaired) electrons. The van der Waals surface area contributed by atoms with Crippen LogP contribution in [0, 0.1) is 12.3 Å². The van der Waals surface area contributed by atoms with Gasteiger partial charge in [0, 0.05) is 42.7 Å². The minimum Gasteiger partial charge on any atom is -0.368 e. The Kier molecular flexibility index (Phi) is 5.94. The Hall–Kier alpha value is -3.49. The van der Waals surface area contributed by atoms with E-state index in [2.05, 4.69) is 20.3 Å². The van der Waals surface area contributed by atoms with Gasteiger partial charge in [0.1, 0.15) is 11.5 Å². The molecule has 6 nitrogen and oxygen atoms in total. The molecule has 1 saturated carbocycles. The average Bonchev–Trinajstić information content (AvgIpc) is 3.61. The summed E-state index contributed by atoms with van der Waals surface area (Å²) in [5.74, 6) is 0.0482. The lowest BCUT2D eigenvalue weighted by Crippen LogP contribution is -2.50. The molecule has 3 heterocycles. The third-order valence-corrected chi connectivity index (χ3v) is 7.01. The number of hydrogen-bond donors (Lipinski definition) is 1. The van der Waals surface area contributed by atoms with E-state index in [0.29, 0.717) is 29.9 Å². The number of rotatable bonds is 5. The molecule has 1 spiro atoms. The summed E-state index contributed by atoms with van der Waals surface area (Å²) in [7, 11) is 0. The molecule has 0 bridgehead atoms. The number of carbonyl (C=O) groups is 1. The van der Waals surface area contributed by atoms with Gasteiger partial charge in [-0.1, -0.05) is 23.8 Å². The van der Waals surface area contributed by atoms with E-state index in [1.165, 1.54) is 12.1 Å². The Morgan fingerprint density at radius 3 is 2.71 bits per heavy atom. The molecule has 5 rings (SSSR count). The number of pyridine rings is 1. The molecule has 2 aliphatic rings. The second kappa shape index (κ2) is 8.94. The predicted octanol–water partition coefficient (Wildman–Crippen LogP) is 5.36. The number of nitrogens with zero attached hydrogens (tertiary/aromatic N) is 4. The average molecular weight is 482 g/mol. The van der Waals surface area contributed by atoms with Crippen LogP contribution in [0.1, 0.15) is 47.3 Å². The number of piperidine rings is 1. The highest BCUT2D eigenvalue weighted by Gasteiger charge is 2.49. The Morgan fingerprint density at radius 1 is 1.17 bits per heavy atom.